The maximum atomic E-state index is 6.50. The largest absolute Gasteiger partial charge is 0.313 e. The maximum Gasteiger partial charge on any atom is 0.203 e. The number of hydrogen-bond donors (Lipinski definition) is 0. The van der Waals surface area contributed by atoms with Crippen molar-refractivity contribution in [3.63, 3.8) is 0 Å². The first-order chi connectivity index (χ1) is 11.0. The molecule has 0 spiro atoms. The number of rotatable bonds is 4. The highest BCUT2D eigenvalue weighted by Crippen LogP contribution is 2.33. The zero-order valence-corrected chi connectivity index (χ0v) is 15.5. The lowest BCUT2D eigenvalue weighted by molar-refractivity contribution is 0.210. The summed E-state index contributed by atoms with van der Waals surface area (Å²) in [6.45, 7) is 9.29. The Morgan fingerprint density at radius 1 is 1.30 bits per heavy atom. The van der Waals surface area contributed by atoms with Crippen LogP contribution >= 0.6 is 23.2 Å². The molecule has 1 aliphatic heterocycles. The number of imidazole rings is 1. The van der Waals surface area contributed by atoms with Gasteiger partial charge in [-0.1, -0.05) is 37.1 Å². The molecule has 0 bridgehead atoms. The van der Waals surface area contributed by atoms with Gasteiger partial charge in [0.1, 0.15) is 0 Å². The summed E-state index contributed by atoms with van der Waals surface area (Å²) in [5.74, 6) is 0. The van der Waals surface area contributed by atoms with Gasteiger partial charge < -0.3 is 4.57 Å². The minimum absolute atomic E-state index is 0.375. The molecule has 0 fully saturated rings. The predicted molar refractivity (Wildman–Crippen MR) is 98.3 cm³/mol. The molecule has 1 atom stereocenters. The number of benzene rings is 1. The van der Waals surface area contributed by atoms with Crippen molar-refractivity contribution in [3.05, 3.63) is 39.7 Å². The number of hydrogen-bond acceptors (Lipinski definition) is 2. The van der Waals surface area contributed by atoms with Crippen LogP contribution in [0.25, 0.3) is 11.0 Å². The molecular formula is C18H23Cl2N3. The fourth-order valence-electron chi connectivity index (χ4n) is 3.33. The highest BCUT2D eigenvalue weighted by atomic mass is 35.5. The van der Waals surface area contributed by atoms with Crippen LogP contribution in [-0.4, -0.2) is 27.0 Å². The van der Waals surface area contributed by atoms with Gasteiger partial charge in [0.25, 0.3) is 0 Å². The molecule has 3 rings (SSSR count). The van der Waals surface area contributed by atoms with Crippen LogP contribution in [0.2, 0.25) is 10.3 Å². The third-order valence-electron chi connectivity index (χ3n) is 4.86. The molecule has 5 heteroatoms. The normalized spacial score (nSPS) is 18.2. The molecule has 0 saturated heterocycles. The van der Waals surface area contributed by atoms with Crippen LogP contribution in [0.4, 0.5) is 0 Å². The molecule has 0 amide bonds. The summed E-state index contributed by atoms with van der Waals surface area (Å²) >= 11 is 12.9. The number of aromatic nitrogens is 2. The lowest BCUT2D eigenvalue weighted by Gasteiger charge is -2.26. The molecule has 2 heterocycles. The first-order valence-electron chi connectivity index (χ1n) is 8.30. The van der Waals surface area contributed by atoms with E-state index in [2.05, 4.69) is 41.3 Å². The Kier molecular flexibility index (Phi) is 5.00. The smallest absolute Gasteiger partial charge is 0.203 e. The van der Waals surface area contributed by atoms with E-state index in [0.29, 0.717) is 11.3 Å². The molecule has 0 aliphatic carbocycles. The lowest BCUT2D eigenvalue weighted by atomic mass is 10.1. The standard InChI is InChI=1S/C18H23Cl2N3/c1-4-13(5-2)8-9-22-11-14-15(19)6-7-16-17(14)23(10-12(22)3)18(20)21-16/h6-8,12H,4-5,9-11H2,1-3H3/t12-/m0/s1. The highest BCUT2D eigenvalue weighted by Gasteiger charge is 2.25. The van der Waals surface area contributed by atoms with E-state index in [9.17, 15) is 0 Å². The Labute approximate surface area is 147 Å². The molecule has 1 aromatic carbocycles. The first kappa shape index (κ1) is 16.8. The molecule has 0 radical (unpaired) electrons. The average molecular weight is 352 g/mol. The number of allylic oxidation sites excluding steroid dienone is 1. The molecule has 0 unspecified atom stereocenters. The van der Waals surface area contributed by atoms with Crippen LogP contribution in [-0.2, 0) is 13.1 Å². The highest BCUT2D eigenvalue weighted by molar-refractivity contribution is 6.32. The second kappa shape index (κ2) is 6.84. The van der Waals surface area contributed by atoms with Crippen LogP contribution in [0.3, 0.4) is 0 Å². The van der Waals surface area contributed by atoms with Gasteiger partial charge in [0, 0.05) is 36.3 Å². The van der Waals surface area contributed by atoms with Crippen molar-refractivity contribution in [2.24, 2.45) is 0 Å². The third kappa shape index (κ3) is 3.15. The van der Waals surface area contributed by atoms with Crippen molar-refractivity contribution in [2.75, 3.05) is 6.54 Å². The Morgan fingerprint density at radius 2 is 2.04 bits per heavy atom. The summed E-state index contributed by atoms with van der Waals surface area (Å²) in [6, 6.07) is 4.26. The number of nitrogens with zero attached hydrogens (tertiary/aromatic N) is 3. The lowest BCUT2D eigenvalue weighted by Crippen LogP contribution is -2.34. The van der Waals surface area contributed by atoms with Crippen molar-refractivity contribution in [1.82, 2.24) is 14.5 Å². The monoisotopic (exact) mass is 351 g/mol. The van der Waals surface area contributed by atoms with Crippen LogP contribution in [0.1, 0.15) is 39.2 Å². The van der Waals surface area contributed by atoms with Crippen molar-refractivity contribution >= 4 is 34.2 Å². The van der Waals surface area contributed by atoms with Crippen LogP contribution in [0.5, 0.6) is 0 Å². The maximum absolute atomic E-state index is 6.50. The summed E-state index contributed by atoms with van der Waals surface area (Å²) in [7, 11) is 0. The molecule has 124 valence electrons. The number of halogens is 2. The van der Waals surface area contributed by atoms with E-state index in [1.807, 2.05) is 12.1 Å². The topological polar surface area (TPSA) is 21.1 Å². The van der Waals surface area contributed by atoms with Crippen molar-refractivity contribution < 1.29 is 0 Å². The fourth-order valence-corrected chi connectivity index (χ4v) is 3.78. The zero-order valence-electron chi connectivity index (χ0n) is 13.9. The summed E-state index contributed by atoms with van der Waals surface area (Å²) < 4.78 is 2.10. The van der Waals surface area contributed by atoms with E-state index in [0.717, 1.165) is 54.1 Å². The molecule has 1 aliphatic rings. The van der Waals surface area contributed by atoms with Crippen molar-refractivity contribution in [3.8, 4) is 0 Å². The van der Waals surface area contributed by atoms with Crippen molar-refractivity contribution in [1.29, 1.82) is 0 Å². The SMILES string of the molecule is CCC(=CCN1Cc2c(Cl)ccc3nc(Cl)n(c23)C[C@@H]1C)CC. The van der Waals surface area contributed by atoms with Gasteiger partial charge in [-0.25, -0.2) is 4.98 Å². The summed E-state index contributed by atoms with van der Waals surface area (Å²) in [4.78, 5) is 6.93. The first-order valence-corrected chi connectivity index (χ1v) is 9.05. The minimum atomic E-state index is 0.375. The van der Waals surface area contributed by atoms with Gasteiger partial charge in [-0.2, -0.15) is 0 Å². The van der Waals surface area contributed by atoms with Gasteiger partial charge in [0.2, 0.25) is 5.28 Å². The van der Waals surface area contributed by atoms with E-state index in [1.165, 1.54) is 5.57 Å². The minimum Gasteiger partial charge on any atom is -0.313 e. The molecule has 2 aromatic rings. The molecule has 3 nitrogen and oxygen atoms in total. The van der Waals surface area contributed by atoms with Crippen LogP contribution < -0.4 is 0 Å². The summed E-state index contributed by atoms with van der Waals surface area (Å²) in [6.07, 6.45) is 4.60. The molecule has 0 N–H and O–H groups in total. The quantitative estimate of drug-likeness (QED) is 0.697. The van der Waals surface area contributed by atoms with Crippen LogP contribution in [0, 0.1) is 0 Å². The molecular weight excluding hydrogens is 329 g/mol. The van der Waals surface area contributed by atoms with Gasteiger partial charge in [-0.15, -0.1) is 0 Å². The van der Waals surface area contributed by atoms with Gasteiger partial charge >= 0.3 is 0 Å². The van der Waals surface area contributed by atoms with E-state index in [1.54, 1.807) is 0 Å². The Morgan fingerprint density at radius 3 is 2.74 bits per heavy atom. The fraction of sp³-hybridized carbons (Fsp3) is 0.500. The van der Waals surface area contributed by atoms with Crippen molar-refractivity contribution in [2.45, 2.75) is 52.7 Å². The van der Waals surface area contributed by atoms with Gasteiger partial charge in [0.05, 0.1) is 11.0 Å². The van der Waals surface area contributed by atoms with Gasteiger partial charge in [0.15, 0.2) is 0 Å². The van der Waals surface area contributed by atoms with E-state index in [-0.39, 0.29) is 0 Å². The zero-order chi connectivity index (χ0) is 16.6. The van der Waals surface area contributed by atoms with Crippen LogP contribution in [0.15, 0.2) is 23.8 Å². The second-order valence-corrected chi connectivity index (χ2v) is 6.98. The Hall–Kier alpha value is -1.03. The third-order valence-corrected chi connectivity index (χ3v) is 5.51. The van der Waals surface area contributed by atoms with Gasteiger partial charge in [-0.05, 0) is 43.5 Å². The molecule has 1 aromatic heterocycles. The second-order valence-electron chi connectivity index (χ2n) is 6.23. The molecule has 0 saturated carbocycles. The Balaban J connectivity index is 1.99. The van der Waals surface area contributed by atoms with E-state index < -0.39 is 0 Å². The van der Waals surface area contributed by atoms with E-state index >= 15 is 0 Å². The molecule has 23 heavy (non-hydrogen) atoms. The van der Waals surface area contributed by atoms with E-state index in [4.69, 9.17) is 23.2 Å². The summed E-state index contributed by atoms with van der Waals surface area (Å²) in [5, 5.41) is 1.35. The predicted octanol–water partition coefficient (Wildman–Crippen LogP) is 5.29. The Bertz CT molecular complexity index is 742. The average Bonchev–Trinajstić information content (AvgIpc) is 2.75. The van der Waals surface area contributed by atoms with Gasteiger partial charge in [-0.3, -0.25) is 4.90 Å². The summed E-state index contributed by atoms with van der Waals surface area (Å²) in [5.41, 5.74) is 4.66.